The summed E-state index contributed by atoms with van der Waals surface area (Å²) in [5.41, 5.74) is 6.38. The molecule has 2 fully saturated rings. The van der Waals surface area contributed by atoms with Crippen LogP contribution in [0.15, 0.2) is 16.5 Å². The maximum absolute atomic E-state index is 12.4. The minimum absolute atomic E-state index is 0.0468. The molecule has 1 aromatic rings. The second-order valence-corrected chi connectivity index (χ2v) is 6.96. The standard InChI is InChI=1S/C17H26N2O2/c1-10(2)19-16(20)6-4-5-13(18)17(19)15-8-7-14(21-15)12-9-11(12)3/h7-8,10-13,17H,4-6,9,18H2,1-3H3. The summed E-state index contributed by atoms with van der Waals surface area (Å²) in [5.74, 6) is 3.39. The fourth-order valence-corrected chi connectivity index (χ4v) is 3.54. The number of furan rings is 1. The van der Waals surface area contributed by atoms with Gasteiger partial charge in [0.1, 0.15) is 17.6 Å². The lowest BCUT2D eigenvalue weighted by Gasteiger charge is -2.35. The van der Waals surface area contributed by atoms with Gasteiger partial charge in [-0.25, -0.2) is 0 Å². The highest BCUT2D eigenvalue weighted by Crippen LogP contribution is 2.48. The summed E-state index contributed by atoms with van der Waals surface area (Å²) in [4.78, 5) is 14.3. The molecular weight excluding hydrogens is 264 g/mol. The molecule has 0 aromatic carbocycles. The fraction of sp³-hybridized carbons (Fsp3) is 0.706. The molecule has 4 atom stereocenters. The van der Waals surface area contributed by atoms with Gasteiger partial charge in [0.2, 0.25) is 5.91 Å². The molecule has 0 bridgehead atoms. The quantitative estimate of drug-likeness (QED) is 0.930. The molecule has 1 saturated heterocycles. The molecule has 4 heteroatoms. The number of nitrogens with two attached hydrogens (primary N) is 1. The van der Waals surface area contributed by atoms with Gasteiger partial charge in [0.25, 0.3) is 0 Å². The highest BCUT2D eigenvalue weighted by atomic mass is 16.3. The summed E-state index contributed by atoms with van der Waals surface area (Å²) >= 11 is 0. The number of hydrogen-bond donors (Lipinski definition) is 1. The van der Waals surface area contributed by atoms with E-state index in [4.69, 9.17) is 10.2 Å². The zero-order valence-electron chi connectivity index (χ0n) is 13.2. The van der Waals surface area contributed by atoms with Crippen molar-refractivity contribution < 1.29 is 9.21 Å². The maximum Gasteiger partial charge on any atom is 0.223 e. The van der Waals surface area contributed by atoms with Crippen LogP contribution < -0.4 is 5.73 Å². The first kappa shape index (κ1) is 14.6. The Bertz CT molecular complexity index is 523. The second-order valence-electron chi connectivity index (χ2n) is 6.96. The van der Waals surface area contributed by atoms with Crippen molar-refractivity contribution in [1.82, 2.24) is 4.90 Å². The molecule has 116 valence electrons. The number of carbonyl (C=O) groups is 1. The van der Waals surface area contributed by atoms with Crippen LogP contribution in [0, 0.1) is 5.92 Å². The summed E-state index contributed by atoms with van der Waals surface area (Å²) in [6.45, 7) is 6.35. The molecule has 0 spiro atoms. The molecule has 1 saturated carbocycles. The number of nitrogens with zero attached hydrogens (tertiary/aromatic N) is 1. The lowest BCUT2D eigenvalue weighted by Crippen LogP contribution is -2.45. The molecule has 21 heavy (non-hydrogen) atoms. The fourth-order valence-electron chi connectivity index (χ4n) is 3.54. The van der Waals surface area contributed by atoms with Crippen LogP contribution in [0.4, 0.5) is 0 Å². The van der Waals surface area contributed by atoms with Gasteiger partial charge in [-0.15, -0.1) is 0 Å². The zero-order valence-corrected chi connectivity index (χ0v) is 13.2. The van der Waals surface area contributed by atoms with E-state index in [0.29, 0.717) is 12.3 Å². The van der Waals surface area contributed by atoms with Crippen LogP contribution >= 0.6 is 0 Å². The van der Waals surface area contributed by atoms with Gasteiger partial charge in [0.15, 0.2) is 0 Å². The van der Waals surface area contributed by atoms with Crippen molar-refractivity contribution in [3.05, 3.63) is 23.7 Å². The van der Waals surface area contributed by atoms with Gasteiger partial charge in [0.05, 0.1) is 0 Å². The van der Waals surface area contributed by atoms with E-state index in [9.17, 15) is 4.79 Å². The lowest BCUT2D eigenvalue weighted by molar-refractivity contribution is -0.135. The van der Waals surface area contributed by atoms with Crippen molar-refractivity contribution in [3.8, 4) is 0 Å². The van der Waals surface area contributed by atoms with E-state index in [1.807, 2.05) is 11.0 Å². The van der Waals surface area contributed by atoms with Crippen LogP contribution in [0.2, 0.25) is 0 Å². The average Bonchev–Trinajstić information content (AvgIpc) is 3.00. The Kier molecular flexibility index (Phi) is 3.82. The van der Waals surface area contributed by atoms with Crippen molar-refractivity contribution in [2.75, 3.05) is 0 Å². The van der Waals surface area contributed by atoms with Crippen molar-refractivity contribution in [2.24, 2.45) is 11.7 Å². The van der Waals surface area contributed by atoms with E-state index in [-0.39, 0.29) is 24.0 Å². The van der Waals surface area contributed by atoms with Gasteiger partial charge >= 0.3 is 0 Å². The Morgan fingerprint density at radius 3 is 2.62 bits per heavy atom. The number of rotatable bonds is 3. The predicted molar refractivity (Wildman–Crippen MR) is 81.8 cm³/mol. The van der Waals surface area contributed by atoms with Crippen LogP contribution in [0.3, 0.4) is 0 Å². The molecule has 2 heterocycles. The lowest BCUT2D eigenvalue weighted by atomic mass is 10.0. The van der Waals surface area contributed by atoms with Gasteiger partial charge in [-0.05, 0) is 51.2 Å². The van der Waals surface area contributed by atoms with Crippen molar-refractivity contribution >= 4 is 5.91 Å². The molecule has 1 aromatic heterocycles. The van der Waals surface area contributed by atoms with E-state index >= 15 is 0 Å². The van der Waals surface area contributed by atoms with Crippen LogP contribution in [0.25, 0.3) is 0 Å². The topological polar surface area (TPSA) is 59.5 Å². The first-order valence-corrected chi connectivity index (χ1v) is 8.15. The molecule has 0 radical (unpaired) electrons. The van der Waals surface area contributed by atoms with Gasteiger partial charge in [0, 0.05) is 24.4 Å². The van der Waals surface area contributed by atoms with E-state index in [2.05, 4.69) is 26.8 Å². The van der Waals surface area contributed by atoms with Gasteiger partial charge < -0.3 is 15.1 Å². The normalized spacial score (nSPS) is 33.4. The van der Waals surface area contributed by atoms with E-state index in [1.54, 1.807) is 0 Å². The molecule has 4 unspecified atom stereocenters. The summed E-state index contributed by atoms with van der Waals surface area (Å²) < 4.78 is 6.10. The monoisotopic (exact) mass is 290 g/mol. The molecule has 4 nitrogen and oxygen atoms in total. The molecular formula is C17H26N2O2. The highest BCUT2D eigenvalue weighted by molar-refractivity contribution is 5.77. The Morgan fingerprint density at radius 2 is 2.00 bits per heavy atom. The summed E-state index contributed by atoms with van der Waals surface area (Å²) in [7, 11) is 0. The molecule has 1 aliphatic carbocycles. The first-order valence-electron chi connectivity index (χ1n) is 8.15. The van der Waals surface area contributed by atoms with Gasteiger partial charge in [-0.3, -0.25) is 4.79 Å². The smallest absolute Gasteiger partial charge is 0.223 e. The number of carbonyl (C=O) groups excluding carboxylic acids is 1. The van der Waals surface area contributed by atoms with E-state index < -0.39 is 0 Å². The Morgan fingerprint density at radius 1 is 1.33 bits per heavy atom. The number of likely N-dealkylation sites (tertiary alicyclic amines) is 1. The Balaban J connectivity index is 1.91. The largest absolute Gasteiger partial charge is 0.464 e. The minimum atomic E-state index is -0.122. The molecule has 2 N–H and O–H groups in total. The summed E-state index contributed by atoms with van der Waals surface area (Å²) in [5, 5.41) is 0. The van der Waals surface area contributed by atoms with Crippen molar-refractivity contribution in [2.45, 2.75) is 70.5 Å². The average molecular weight is 290 g/mol. The minimum Gasteiger partial charge on any atom is -0.464 e. The van der Waals surface area contributed by atoms with E-state index in [0.717, 1.165) is 30.3 Å². The molecule has 3 rings (SSSR count). The van der Waals surface area contributed by atoms with Gasteiger partial charge in [-0.1, -0.05) is 6.92 Å². The van der Waals surface area contributed by atoms with Crippen molar-refractivity contribution in [1.29, 1.82) is 0 Å². The second kappa shape index (κ2) is 5.48. The van der Waals surface area contributed by atoms with Crippen LogP contribution in [-0.2, 0) is 4.79 Å². The zero-order chi connectivity index (χ0) is 15.1. The highest BCUT2D eigenvalue weighted by Gasteiger charge is 2.39. The summed E-state index contributed by atoms with van der Waals surface area (Å²) in [6.07, 6.45) is 3.54. The van der Waals surface area contributed by atoms with Crippen LogP contribution in [-0.4, -0.2) is 22.9 Å². The summed E-state index contributed by atoms with van der Waals surface area (Å²) in [6, 6.07) is 4.07. The van der Waals surface area contributed by atoms with Gasteiger partial charge in [-0.2, -0.15) is 0 Å². The molecule has 2 aliphatic rings. The SMILES string of the molecule is CC1CC1c1ccc(C2C(N)CCCC(=O)N2C(C)C)o1. The third-order valence-electron chi connectivity index (χ3n) is 4.89. The van der Waals surface area contributed by atoms with Crippen molar-refractivity contribution in [3.63, 3.8) is 0 Å². The third kappa shape index (κ3) is 2.73. The third-order valence-corrected chi connectivity index (χ3v) is 4.89. The number of amides is 1. The molecule has 1 amide bonds. The first-order chi connectivity index (χ1) is 9.99. The Hall–Kier alpha value is -1.29. The van der Waals surface area contributed by atoms with Crippen LogP contribution in [0.1, 0.15) is 69.9 Å². The molecule has 1 aliphatic heterocycles. The number of hydrogen-bond acceptors (Lipinski definition) is 3. The predicted octanol–water partition coefficient (Wildman–Crippen LogP) is 3.19. The maximum atomic E-state index is 12.4. The van der Waals surface area contributed by atoms with Crippen LogP contribution in [0.5, 0.6) is 0 Å². The van der Waals surface area contributed by atoms with E-state index in [1.165, 1.54) is 6.42 Å². The Labute approximate surface area is 126 Å².